The number of nitrogens with zero attached hydrogens (tertiary/aromatic N) is 2. The molecule has 0 fully saturated rings. The van der Waals surface area contributed by atoms with E-state index >= 15 is 0 Å². The summed E-state index contributed by atoms with van der Waals surface area (Å²) in [7, 11) is 1.94. The molecule has 1 aromatic carbocycles. The van der Waals surface area contributed by atoms with Crippen molar-refractivity contribution >= 4 is 38.5 Å². The first-order valence-corrected chi connectivity index (χ1v) is 6.71. The minimum absolute atomic E-state index is 0.859. The summed E-state index contributed by atoms with van der Waals surface area (Å²) in [5, 5.41) is 7.41. The summed E-state index contributed by atoms with van der Waals surface area (Å²) in [5.41, 5.74) is 2.31. The number of hydrogen-bond acceptors (Lipinski definition) is 2. The van der Waals surface area contributed by atoms with Crippen LogP contribution in [0.1, 0.15) is 5.56 Å². The Labute approximate surface area is 117 Å². The predicted octanol–water partition coefficient (Wildman–Crippen LogP) is 2.96. The lowest BCUT2D eigenvalue weighted by atomic mass is 10.2. The van der Waals surface area contributed by atoms with Gasteiger partial charge in [-0.25, -0.2) is 4.68 Å². The molecule has 0 bridgehead atoms. The Morgan fingerprint density at radius 1 is 1.50 bits per heavy atom. The van der Waals surface area contributed by atoms with Gasteiger partial charge in [0.1, 0.15) is 0 Å². The summed E-state index contributed by atoms with van der Waals surface area (Å²) in [5.74, 6) is 0. The normalized spacial score (nSPS) is 10.7. The molecule has 0 saturated carbocycles. The van der Waals surface area contributed by atoms with E-state index in [1.165, 1.54) is 5.56 Å². The average Bonchev–Trinajstić information content (AvgIpc) is 2.68. The second-order valence-corrected chi connectivity index (χ2v) is 5.51. The van der Waals surface area contributed by atoms with Crippen molar-refractivity contribution in [2.24, 2.45) is 0 Å². The van der Waals surface area contributed by atoms with Crippen LogP contribution < -0.4 is 5.32 Å². The number of benzene rings is 1. The fraction of sp³-hybridized carbons (Fsp3) is 0.182. The monoisotopic (exact) mass is 391 g/mol. The number of hydrogen-bond donors (Lipinski definition) is 1. The van der Waals surface area contributed by atoms with Crippen LogP contribution in [0.3, 0.4) is 0 Å². The van der Waals surface area contributed by atoms with E-state index < -0.39 is 0 Å². The molecular weight excluding hydrogens is 381 g/mol. The first-order chi connectivity index (χ1) is 7.70. The molecule has 1 N–H and O–H groups in total. The summed E-state index contributed by atoms with van der Waals surface area (Å²) in [4.78, 5) is 0. The van der Waals surface area contributed by atoms with Crippen LogP contribution in [0.25, 0.3) is 5.69 Å². The molecule has 3 nitrogen and oxygen atoms in total. The second kappa shape index (κ2) is 5.29. The van der Waals surface area contributed by atoms with Gasteiger partial charge in [-0.15, -0.1) is 0 Å². The standard InChI is InChI=1S/C11H11BrIN3/c1-14-5-8-2-3-10(4-11(8)12)16-7-9(13)6-15-16/h2-4,6-7,14H,5H2,1H3. The van der Waals surface area contributed by atoms with Crippen LogP contribution in [0, 0.1) is 3.57 Å². The predicted molar refractivity (Wildman–Crippen MR) is 76.7 cm³/mol. The quantitative estimate of drug-likeness (QED) is 0.815. The molecule has 84 valence electrons. The molecule has 0 atom stereocenters. The van der Waals surface area contributed by atoms with E-state index in [-0.39, 0.29) is 0 Å². The fourth-order valence-corrected chi connectivity index (χ4v) is 2.35. The number of nitrogens with one attached hydrogen (secondary N) is 1. The van der Waals surface area contributed by atoms with Crippen molar-refractivity contribution in [1.82, 2.24) is 15.1 Å². The maximum atomic E-state index is 4.28. The Hall–Kier alpha value is -0.400. The molecule has 0 spiro atoms. The summed E-state index contributed by atoms with van der Waals surface area (Å²) < 4.78 is 4.10. The lowest BCUT2D eigenvalue weighted by Gasteiger charge is -2.06. The van der Waals surface area contributed by atoms with E-state index in [0.29, 0.717) is 0 Å². The van der Waals surface area contributed by atoms with Crippen LogP contribution in [-0.2, 0) is 6.54 Å². The van der Waals surface area contributed by atoms with Crippen LogP contribution in [0.5, 0.6) is 0 Å². The summed E-state index contributed by atoms with van der Waals surface area (Å²) >= 11 is 5.82. The van der Waals surface area contributed by atoms with Gasteiger partial charge in [0, 0.05) is 17.2 Å². The van der Waals surface area contributed by atoms with Gasteiger partial charge in [0.15, 0.2) is 0 Å². The average molecular weight is 392 g/mol. The van der Waals surface area contributed by atoms with E-state index in [4.69, 9.17) is 0 Å². The van der Waals surface area contributed by atoms with Crippen LogP contribution in [0.2, 0.25) is 0 Å². The minimum Gasteiger partial charge on any atom is -0.316 e. The van der Waals surface area contributed by atoms with Gasteiger partial charge in [-0.1, -0.05) is 22.0 Å². The Bertz CT molecular complexity index is 496. The highest BCUT2D eigenvalue weighted by atomic mass is 127. The van der Waals surface area contributed by atoms with Gasteiger partial charge in [-0.3, -0.25) is 0 Å². The van der Waals surface area contributed by atoms with Crippen molar-refractivity contribution in [3.05, 3.63) is 44.2 Å². The first kappa shape index (κ1) is 12.1. The smallest absolute Gasteiger partial charge is 0.0657 e. The SMILES string of the molecule is CNCc1ccc(-n2cc(I)cn2)cc1Br. The second-order valence-electron chi connectivity index (χ2n) is 3.41. The lowest BCUT2D eigenvalue weighted by Crippen LogP contribution is -2.06. The van der Waals surface area contributed by atoms with E-state index in [1.807, 2.05) is 24.1 Å². The van der Waals surface area contributed by atoms with E-state index in [1.54, 1.807) is 0 Å². The van der Waals surface area contributed by atoms with Crippen molar-refractivity contribution in [3.8, 4) is 5.69 Å². The molecule has 1 heterocycles. The largest absolute Gasteiger partial charge is 0.316 e. The highest BCUT2D eigenvalue weighted by Gasteiger charge is 2.03. The third-order valence-electron chi connectivity index (χ3n) is 2.22. The zero-order valence-corrected chi connectivity index (χ0v) is 12.5. The van der Waals surface area contributed by atoms with Crippen molar-refractivity contribution < 1.29 is 0 Å². The van der Waals surface area contributed by atoms with Gasteiger partial charge in [0.05, 0.1) is 15.5 Å². The third kappa shape index (κ3) is 2.64. The van der Waals surface area contributed by atoms with Gasteiger partial charge >= 0.3 is 0 Å². The molecule has 5 heteroatoms. The topological polar surface area (TPSA) is 29.9 Å². The molecule has 0 aliphatic heterocycles. The molecule has 0 aliphatic carbocycles. The van der Waals surface area contributed by atoms with Gasteiger partial charge in [-0.2, -0.15) is 5.10 Å². The molecule has 16 heavy (non-hydrogen) atoms. The summed E-state index contributed by atoms with van der Waals surface area (Å²) in [6, 6.07) is 6.25. The van der Waals surface area contributed by atoms with Crippen molar-refractivity contribution in [1.29, 1.82) is 0 Å². The maximum Gasteiger partial charge on any atom is 0.0657 e. The van der Waals surface area contributed by atoms with E-state index in [0.717, 1.165) is 20.3 Å². The molecular formula is C11H11BrIN3. The fourth-order valence-electron chi connectivity index (χ4n) is 1.45. The molecule has 1 aromatic heterocycles. The molecule has 2 aromatic rings. The Balaban J connectivity index is 2.34. The van der Waals surface area contributed by atoms with Crippen LogP contribution in [0.15, 0.2) is 35.1 Å². The first-order valence-electron chi connectivity index (χ1n) is 4.84. The highest BCUT2D eigenvalue weighted by molar-refractivity contribution is 14.1. The van der Waals surface area contributed by atoms with E-state index in [2.05, 4.69) is 67.1 Å². The van der Waals surface area contributed by atoms with Crippen molar-refractivity contribution in [3.63, 3.8) is 0 Å². The van der Waals surface area contributed by atoms with Crippen LogP contribution in [0.4, 0.5) is 0 Å². The Morgan fingerprint density at radius 2 is 2.31 bits per heavy atom. The molecule has 0 amide bonds. The van der Waals surface area contributed by atoms with Gasteiger partial charge in [-0.05, 0) is 47.3 Å². The lowest BCUT2D eigenvalue weighted by molar-refractivity contribution is 0.811. The van der Waals surface area contributed by atoms with Gasteiger partial charge < -0.3 is 5.32 Å². The summed E-state index contributed by atoms with van der Waals surface area (Å²) in [6.45, 7) is 0.859. The molecule has 0 unspecified atom stereocenters. The van der Waals surface area contributed by atoms with Crippen LogP contribution in [-0.4, -0.2) is 16.8 Å². The van der Waals surface area contributed by atoms with Crippen LogP contribution >= 0.6 is 38.5 Å². The molecule has 0 radical (unpaired) electrons. The van der Waals surface area contributed by atoms with Gasteiger partial charge in [0.25, 0.3) is 0 Å². The minimum atomic E-state index is 0.859. The third-order valence-corrected chi connectivity index (χ3v) is 3.51. The Morgan fingerprint density at radius 3 is 2.88 bits per heavy atom. The number of rotatable bonds is 3. The molecule has 0 aliphatic rings. The molecule has 0 saturated heterocycles. The summed E-state index contributed by atoms with van der Waals surface area (Å²) in [6.07, 6.45) is 3.84. The van der Waals surface area contributed by atoms with E-state index in [9.17, 15) is 0 Å². The highest BCUT2D eigenvalue weighted by Crippen LogP contribution is 2.21. The number of aromatic nitrogens is 2. The van der Waals surface area contributed by atoms with Gasteiger partial charge in [0.2, 0.25) is 0 Å². The van der Waals surface area contributed by atoms with Crippen molar-refractivity contribution in [2.45, 2.75) is 6.54 Å². The Kier molecular flexibility index (Phi) is 3.99. The maximum absolute atomic E-state index is 4.28. The number of halogens is 2. The zero-order chi connectivity index (χ0) is 11.5. The zero-order valence-electron chi connectivity index (χ0n) is 8.74. The van der Waals surface area contributed by atoms with Crippen molar-refractivity contribution in [2.75, 3.05) is 7.05 Å². The molecule has 2 rings (SSSR count).